The van der Waals surface area contributed by atoms with Crippen LogP contribution in [0.25, 0.3) is 0 Å². The first-order valence-electron chi connectivity index (χ1n) is 12.1. The first-order chi connectivity index (χ1) is 13.8. The van der Waals surface area contributed by atoms with E-state index in [2.05, 4.69) is 50.3 Å². The summed E-state index contributed by atoms with van der Waals surface area (Å²) in [6, 6.07) is 9.30. The molecule has 0 radical (unpaired) electrons. The lowest BCUT2D eigenvalue weighted by atomic mass is 9.68. The van der Waals surface area contributed by atoms with Gasteiger partial charge in [-0.3, -0.25) is 0 Å². The van der Waals surface area contributed by atoms with Crippen molar-refractivity contribution < 1.29 is 4.74 Å². The minimum Gasteiger partial charge on any atom is -0.377 e. The van der Waals surface area contributed by atoms with E-state index in [-0.39, 0.29) is 0 Å². The van der Waals surface area contributed by atoms with Gasteiger partial charge in [0.15, 0.2) is 0 Å². The van der Waals surface area contributed by atoms with Crippen molar-refractivity contribution in [3.05, 3.63) is 47.5 Å². The first-order valence-corrected chi connectivity index (χ1v) is 12.1. The molecule has 1 nitrogen and oxygen atoms in total. The lowest BCUT2D eigenvalue weighted by Gasteiger charge is -2.38. The highest BCUT2D eigenvalue weighted by molar-refractivity contribution is 5.25. The van der Waals surface area contributed by atoms with Crippen molar-refractivity contribution in [2.24, 2.45) is 17.8 Å². The molecule has 1 aromatic rings. The predicted octanol–water partition coefficient (Wildman–Crippen LogP) is 8.05. The van der Waals surface area contributed by atoms with Gasteiger partial charge in [0.05, 0.1) is 6.61 Å². The van der Waals surface area contributed by atoms with Crippen LogP contribution in [0.3, 0.4) is 0 Å². The van der Waals surface area contributed by atoms with Crippen LogP contribution < -0.4 is 0 Å². The standard InChI is InChI=1S/C27H42O/c1-3-5-6-7-22-8-12-24(13-9-22)26-16-18-27(19-17-26)25-14-10-23(11-15-25)21-28-20-4-2/h5-6,10-11,14-15,22,24,26-27H,3-4,7-9,12-13,16-21H2,1-2H3. The third kappa shape index (κ3) is 6.48. The second kappa shape index (κ2) is 11.8. The van der Waals surface area contributed by atoms with Crippen molar-refractivity contribution in [1.82, 2.24) is 0 Å². The molecule has 0 amide bonds. The molecule has 2 aliphatic carbocycles. The van der Waals surface area contributed by atoms with E-state index in [0.717, 1.165) is 43.3 Å². The van der Waals surface area contributed by atoms with Crippen LogP contribution in [0, 0.1) is 17.8 Å². The minimum absolute atomic E-state index is 0.762. The Balaban J connectivity index is 1.39. The molecule has 2 saturated carbocycles. The van der Waals surface area contributed by atoms with Crippen molar-refractivity contribution in [3.8, 4) is 0 Å². The second-order valence-corrected chi connectivity index (χ2v) is 9.30. The summed E-state index contributed by atoms with van der Waals surface area (Å²) in [6.45, 7) is 6.02. The monoisotopic (exact) mass is 382 g/mol. The van der Waals surface area contributed by atoms with Crippen molar-refractivity contribution in [2.45, 2.75) is 97.0 Å². The van der Waals surface area contributed by atoms with Crippen LogP contribution in [0.15, 0.2) is 36.4 Å². The van der Waals surface area contributed by atoms with Gasteiger partial charge in [-0.1, -0.05) is 50.3 Å². The van der Waals surface area contributed by atoms with E-state index >= 15 is 0 Å². The molecule has 1 heteroatoms. The summed E-state index contributed by atoms with van der Waals surface area (Å²) >= 11 is 0. The van der Waals surface area contributed by atoms with Gasteiger partial charge in [0.1, 0.15) is 0 Å². The Hall–Kier alpha value is -1.08. The molecule has 2 fully saturated rings. The molecule has 0 heterocycles. The zero-order valence-corrected chi connectivity index (χ0v) is 18.4. The molecular formula is C27H42O. The number of benzene rings is 1. The van der Waals surface area contributed by atoms with Gasteiger partial charge in [0.2, 0.25) is 0 Å². The van der Waals surface area contributed by atoms with Crippen LogP contribution >= 0.6 is 0 Å². The maximum Gasteiger partial charge on any atom is 0.0716 e. The molecule has 28 heavy (non-hydrogen) atoms. The Bertz CT molecular complexity index is 556. The molecule has 0 atom stereocenters. The predicted molar refractivity (Wildman–Crippen MR) is 121 cm³/mol. The lowest BCUT2D eigenvalue weighted by Crippen LogP contribution is -2.25. The quantitative estimate of drug-likeness (QED) is 0.310. The fraction of sp³-hybridized carbons (Fsp3) is 0.704. The summed E-state index contributed by atoms with van der Waals surface area (Å²) in [7, 11) is 0. The van der Waals surface area contributed by atoms with Crippen molar-refractivity contribution in [1.29, 1.82) is 0 Å². The summed E-state index contributed by atoms with van der Waals surface area (Å²) in [4.78, 5) is 0. The van der Waals surface area contributed by atoms with Crippen molar-refractivity contribution in [3.63, 3.8) is 0 Å². The molecule has 156 valence electrons. The van der Waals surface area contributed by atoms with E-state index in [0.29, 0.717) is 0 Å². The van der Waals surface area contributed by atoms with Crippen molar-refractivity contribution >= 4 is 0 Å². The average molecular weight is 383 g/mol. The third-order valence-corrected chi connectivity index (χ3v) is 7.27. The molecule has 0 spiro atoms. The molecule has 3 rings (SSSR count). The maximum absolute atomic E-state index is 5.67. The van der Waals surface area contributed by atoms with Crippen LogP contribution in [0.1, 0.15) is 102 Å². The molecule has 1 aromatic carbocycles. The Labute approximate surface area is 174 Å². The molecule has 0 bridgehead atoms. The summed E-state index contributed by atoms with van der Waals surface area (Å²) in [5.74, 6) is 3.78. The zero-order chi connectivity index (χ0) is 19.6. The Kier molecular flexibility index (Phi) is 9.12. The SMILES string of the molecule is CCC=CCC1CCC(C2CCC(c3ccc(COCCC)cc3)CC2)CC1. The van der Waals surface area contributed by atoms with Gasteiger partial charge in [0, 0.05) is 6.61 Å². The Morgan fingerprint density at radius 2 is 1.46 bits per heavy atom. The van der Waals surface area contributed by atoms with E-state index in [1.165, 1.54) is 69.8 Å². The fourth-order valence-electron chi connectivity index (χ4n) is 5.50. The van der Waals surface area contributed by atoms with E-state index in [9.17, 15) is 0 Å². The molecule has 0 saturated heterocycles. The highest BCUT2D eigenvalue weighted by Crippen LogP contribution is 2.44. The van der Waals surface area contributed by atoms with Crippen LogP contribution in [0.2, 0.25) is 0 Å². The maximum atomic E-state index is 5.67. The highest BCUT2D eigenvalue weighted by Gasteiger charge is 2.30. The fourth-order valence-corrected chi connectivity index (χ4v) is 5.50. The minimum atomic E-state index is 0.762. The summed E-state index contributed by atoms with van der Waals surface area (Å²) in [6.07, 6.45) is 20.0. The van der Waals surface area contributed by atoms with Crippen LogP contribution in [-0.4, -0.2) is 6.61 Å². The van der Waals surface area contributed by atoms with Crippen molar-refractivity contribution in [2.75, 3.05) is 6.61 Å². The topological polar surface area (TPSA) is 9.23 Å². The zero-order valence-electron chi connectivity index (χ0n) is 18.4. The Morgan fingerprint density at radius 3 is 2.07 bits per heavy atom. The normalized spacial score (nSPS) is 28.6. The lowest BCUT2D eigenvalue weighted by molar-refractivity contribution is 0.121. The molecule has 2 aliphatic rings. The van der Waals surface area contributed by atoms with Gasteiger partial charge >= 0.3 is 0 Å². The van der Waals surface area contributed by atoms with E-state index in [1.54, 1.807) is 5.56 Å². The van der Waals surface area contributed by atoms with Crippen LogP contribution in [0.5, 0.6) is 0 Å². The number of ether oxygens (including phenoxy) is 1. The van der Waals surface area contributed by atoms with Crippen LogP contribution in [-0.2, 0) is 11.3 Å². The molecule has 0 unspecified atom stereocenters. The number of hydrogen-bond donors (Lipinski definition) is 0. The van der Waals surface area contributed by atoms with Gasteiger partial charge in [-0.25, -0.2) is 0 Å². The summed E-state index contributed by atoms with van der Waals surface area (Å²) in [5, 5.41) is 0. The number of rotatable bonds is 9. The second-order valence-electron chi connectivity index (χ2n) is 9.30. The van der Waals surface area contributed by atoms with Gasteiger partial charge in [-0.05, 0) is 105 Å². The summed E-state index contributed by atoms with van der Waals surface area (Å²) < 4.78 is 5.67. The van der Waals surface area contributed by atoms with E-state index in [4.69, 9.17) is 4.74 Å². The van der Waals surface area contributed by atoms with E-state index in [1.807, 2.05) is 0 Å². The Morgan fingerprint density at radius 1 is 0.821 bits per heavy atom. The first kappa shape index (κ1) is 21.6. The smallest absolute Gasteiger partial charge is 0.0716 e. The van der Waals surface area contributed by atoms with Gasteiger partial charge in [-0.15, -0.1) is 0 Å². The van der Waals surface area contributed by atoms with Gasteiger partial charge in [-0.2, -0.15) is 0 Å². The molecular weight excluding hydrogens is 340 g/mol. The van der Waals surface area contributed by atoms with Crippen LogP contribution in [0.4, 0.5) is 0 Å². The number of hydrogen-bond acceptors (Lipinski definition) is 1. The van der Waals surface area contributed by atoms with Gasteiger partial charge < -0.3 is 4.74 Å². The van der Waals surface area contributed by atoms with Gasteiger partial charge in [0.25, 0.3) is 0 Å². The largest absolute Gasteiger partial charge is 0.377 e. The molecule has 0 N–H and O–H groups in total. The number of allylic oxidation sites excluding steroid dienone is 2. The highest BCUT2D eigenvalue weighted by atomic mass is 16.5. The third-order valence-electron chi connectivity index (χ3n) is 7.27. The molecule has 0 aromatic heterocycles. The molecule has 0 aliphatic heterocycles. The average Bonchev–Trinajstić information content (AvgIpc) is 2.75. The van der Waals surface area contributed by atoms with E-state index < -0.39 is 0 Å². The summed E-state index contributed by atoms with van der Waals surface area (Å²) in [5.41, 5.74) is 2.88.